The molecule has 94 valence electrons. The minimum absolute atomic E-state index is 0.338. The number of nitrogens with one attached hydrogen (secondary N) is 1. The second kappa shape index (κ2) is 5.25. The van der Waals surface area contributed by atoms with E-state index in [0.717, 1.165) is 37.4 Å². The molecule has 0 bridgehead atoms. The van der Waals surface area contributed by atoms with Gasteiger partial charge in [0.2, 0.25) is 0 Å². The van der Waals surface area contributed by atoms with Crippen molar-refractivity contribution >= 4 is 12.2 Å². The Morgan fingerprint density at radius 1 is 1.59 bits per heavy atom. The number of ether oxygens (including phenoxy) is 2. The fraction of sp³-hybridized carbons (Fsp3) is 0.667. The van der Waals surface area contributed by atoms with E-state index in [1.807, 2.05) is 6.07 Å². The number of aromatic nitrogens is 2. The Labute approximate surface area is 106 Å². The summed E-state index contributed by atoms with van der Waals surface area (Å²) >= 11 is 5.18. The number of methoxy groups -OCH3 is 1. The predicted molar refractivity (Wildman–Crippen MR) is 67.3 cm³/mol. The molecule has 1 N–H and O–H groups in total. The standard InChI is InChI=1S/C12H18N2O2S/c1-12(5-3-4-6-16-12)11-13-9(8-15-2)7-10(17)14-11/h7H,3-6,8H2,1-2H3,(H,13,14,17). The van der Waals surface area contributed by atoms with E-state index in [-0.39, 0.29) is 5.60 Å². The van der Waals surface area contributed by atoms with E-state index in [9.17, 15) is 0 Å². The Balaban J connectivity index is 2.33. The van der Waals surface area contributed by atoms with Gasteiger partial charge >= 0.3 is 0 Å². The highest BCUT2D eigenvalue weighted by molar-refractivity contribution is 7.71. The Morgan fingerprint density at radius 3 is 3.06 bits per heavy atom. The van der Waals surface area contributed by atoms with Gasteiger partial charge in [-0.3, -0.25) is 0 Å². The fourth-order valence-electron chi connectivity index (χ4n) is 2.11. The van der Waals surface area contributed by atoms with Crippen LogP contribution in [0.25, 0.3) is 0 Å². The van der Waals surface area contributed by atoms with Gasteiger partial charge in [-0.15, -0.1) is 0 Å². The molecule has 1 fully saturated rings. The smallest absolute Gasteiger partial charge is 0.140 e. The third-order valence-electron chi connectivity index (χ3n) is 3.07. The molecule has 2 heterocycles. The van der Waals surface area contributed by atoms with Crippen LogP contribution in [0.4, 0.5) is 0 Å². The maximum Gasteiger partial charge on any atom is 0.140 e. The van der Waals surface area contributed by atoms with Gasteiger partial charge in [-0.1, -0.05) is 12.2 Å². The average Bonchev–Trinajstić information content (AvgIpc) is 2.30. The van der Waals surface area contributed by atoms with Gasteiger partial charge in [0.05, 0.1) is 6.61 Å². The molecular formula is C12H18N2O2S. The zero-order valence-corrected chi connectivity index (χ0v) is 11.1. The fourth-order valence-corrected chi connectivity index (χ4v) is 2.35. The van der Waals surface area contributed by atoms with Crippen LogP contribution in [0.5, 0.6) is 0 Å². The first-order chi connectivity index (χ1) is 8.14. The molecule has 1 aromatic heterocycles. The molecule has 1 aliphatic rings. The first kappa shape index (κ1) is 12.7. The summed E-state index contributed by atoms with van der Waals surface area (Å²) in [5.74, 6) is 0.816. The Bertz CT molecular complexity index is 438. The molecule has 17 heavy (non-hydrogen) atoms. The molecule has 1 aliphatic heterocycles. The van der Waals surface area contributed by atoms with Crippen molar-refractivity contribution in [2.24, 2.45) is 0 Å². The van der Waals surface area contributed by atoms with Crippen LogP contribution < -0.4 is 0 Å². The van der Waals surface area contributed by atoms with Crippen molar-refractivity contribution in [3.8, 4) is 0 Å². The van der Waals surface area contributed by atoms with Gasteiger partial charge in [0.1, 0.15) is 16.1 Å². The first-order valence-corrected chi connectivity index (χ1v) is 6.28. The molecular weight excluding hydrogens is 236 g/mol. The highest BCUT2D eigenvalue weighted by Crippen LogP contribution is 2.32. The summed E-state index contributed by atoms with van der Waals surface area (Å²) in [6.45, 7) is 3.36. The van der Waals surface area contributed by atoms with Crippen molar-refractivity contribution in [2.75, 3.05) is 13.7 Å². The minimum atomic E-state index is -0.338. The first-order valence-electron chi connectivity index (χ1n) is 5.88. The second-order valence-electron chi connectivity index (χ2n) is 4.56. The number of hydrogen-bond donors (Lipinski definition) is 1. The van der Waals surface area contributed by atoms with Crippen molar-refractivity contribution < 1.29 is 9.47 Å². The molecule has 1 unspecified atom stereocenters. The number of aromatic amines is 1. The Morgan fingerprint density at radius 2 is 2.41 bits per heavy atom. The van der Waals surface area contributed by atoms with Gasteiger partial charge in [0.15, 0.2) is 0 Å². The largest absolute Gasteiger partial charge is 0.378 e. The third kappa shape index (κ3) is 2.91. The van der Waals surface area contributed by atoms with E-state index in [1.54, 1.807) is 7.11 Å². The van der Waals surface area contributed by atoms with E-state index in [1.165, 1.54) is 0 Å². The zero-order chi connectivity index (χ0) is 12.3. The van der Waals surface area contributed by atoms with Gasteiger partial charge in [-0.25, -0.2) is 4.98 Å². The molecule has 0 amide bonds. The highest BCUT2D eigenvalue weighted by atomic mass is 32.1. The topological polar surface area (TPSA) is 47.1 Å². The number of hydrogen-bond acceptors (Lipinski definition) is 4. The Kier molecular flexibility index (Phi) is 3.91. The monoisotopic (exact) mass is 254 g/mol. The number of nitrogens with zero attached hydrogens (tertiary/aromatic N) is 1. The molecule has 1 aromatic rings. The van der Waals surface area contributed by atoms with Crippen LogP contribution >= 0.6 is 12.2 Å². The summed E-state index contributed by atoms with van der Waals surface area (Å²) in [4.78, 5) is 7.66. The van der Waals surface area contributed by atoms with Crippen molar-refractivity contribution in [3.05, 3.63) is 22.2 Å². The molecule has 2 rings (SSSR count). The van der Waals surface area contributed by atoms with Crippen LogP contribution in [0.3, 0.4) is 0 Å². The number of rotatable bonds is 3. The third-order valence-corrected chi connectivity index (χ3v) is 3.28. The molecule has 0 radical (unpaired) electrons. The van der Waals surface area contributed by atoms with Gasteiger partial charge in [0.25, 0.3) is 0 Å². The SMILES string of the molecule is COCc1cc(=S)nc(C2(C)CCCCO2)[nH]1. The normalized spacial score (nSPS) is 24.8. The van der Waals surface area contributed by atoms with Crippen LogP contribution in [0.1, 0.15) is 37.7 Å². The number of H-pyrrole nitrogens is 1. The van der Waals surface area contributed by atoms with E-state index in [2.05, 4.69) is 16.9 Å². The van der Waals surface area contributed by atoms with E-state index >= 15 is 0 Å². The summed E-state index contributed by atoms with van der Waals surface area (Å²) in [5, 5.41) is 0. The average molecular weight is 254 g/mol. The molecule has 1 atom stereocenters. The molecule has 1 saturated heterocycles. The summed E-state index contributed by atoms with van der Waals surface area (Å²) in [5.41, 5.74) is 0.605. The molecule has 0 spiro atoms. The van der Waals surface area contributed by atoms with Gasteiger partial charge < -0.3 is 14.5 Å². The molecule has 4 nitrogen and oxygen atoms in total. The van der Waals surface area contributed by atoms with Crippen molar-refractivity contribution in [1.29, 1.82) is 0 Å². The van der Waals surface area contributed by atoms with E-state index in [0.29, 0.717) is 11.2 Å². The van der Waals surface area contributed by atoms with Crippen LogP contribution in [0, 0.1) is 4.64 Å². The molecule has 5 heteroatoms. The van der Waals surface area contributed by atoms with E-state index in [4.69, 9.17) is 21.7 Å². The zero-order valence-electron chi connectivity index (χ0n) is 10.3. The maximum atomic E-state index is 5.86. The van der Waals surface area contributed by atoms with Crippen LogP contribution in [-0.4, -0.2) is 23.7 Å². The maximum absolute atomic E-state index is 5.86. The quantitative estimate of drug-likeness (QED) is 0.842. The lowest BCUT2D eigenvalue weighted by atomic mass is 9.95. The molecule has 0 aromatic carbocycles. The van der Waals surface area contributed by atoms with E-state index < -0.39 is 0 Å². The lowest BCUT2D eigenvalue weighted by Gasteiger charge is -2.33. The summed E-state index contributed by atoms with van der Waals surface area (Å²) in [6, 6.07) is 1.83. The van der Waals surface area contributed by atoms with Crippen molar-refractivity contribution in [3.63, 3.8) is 0 Å². The van der Waals surface area contributed by atoms with Crippen molar-refractivity contribution in [1.82, 2.24) is 9.97 Å². The summed E-state index contributed by atoms with van der Waals surface area (Å²) in [6.07, 6.45) is 3.25. The van der Waals surface area contributed by atoms with Gasteiger partial charge in [0, 0.05) is 19.4 Å². The predicted octanol–water partition coefficient (Wildman–Crippen LogP) is 2.70. The van der Waals surface area contributed by atoms with Crippen LogP contribution in [0.2, 0.25) is 0 Å². The lowest BCUT2D eigenvalue weighted by Crippen LogP contribution is -2.32. The van der Waals surface area contributed by atoms with Gasteiger partial charge in [-0.05, 0) is 32.3 Å². The lowest BCUT2D eigenvalue weighted by molar-refractivity contribution is -0.0763. The summed E-state index contributed by atoms with van der Waals surface area (Å²) < 4.78 is 11.6. The second-order valence-corrected chi connectivity index (χ2v) is 4.98. The van der Waals surface area contributed by atoms with Gasteiger partial charge in [-0.2, -0.15) is 0 Å². The highest BCUT2D eigenvalue weighted by Gasteiger charge is 2.32. The van der Waals surface area contributed by atoms with Crippen LogP contribution in [-0.2, 0) is 21.7 Å². The Hall–Kier alpha value is -0.780. The molecule has 0 saturated carbocycles. The molecule has 0 aliphatic carbocycles. The minimum Gasteiger partial charge on any atom is -0.378 e. The van der Waals surface area contributed by atoms with Crippen molar-refractivity contribution in [2.45, 2.75) is 38.4 Å². The summed E-state index contributed by atoms with van der Waals surface area (Å²) in [7, 11) is 1.66. The van der Waals surface area contributed by atoms with Crippen LogP contribution in [0.15, 0.2) is 6.07 Å².